The third kappa shape index (κ3) is 7.92. The number of nitrogens with two attached hydrogens (primary N) is 2. The second kappa shape index (κ2) is 10.9. The number of anilines is 1. The van der Waals surface area contributed by atoms with Gasteiger partial charge in [0.15, 0.2) is 12.2 Å². The number of aliphatic imine (C=N–C) groups is 1. The van der Waals surface area contributed by atoms with Gasteiger partial charge in [-0.25, -0.2) is 23.7 Å². The molecule has 1 aromatic heterocycles. The number of aliphatic hydroxyl groups is 2. The van der Waals surface area contributed by atoms with Gasteiger partial charge in [0.2, 0.25) is 0 Å². The van der Waals surface area contributed by atoms with Gasteiger partial charge in [-0.05, 0) is 0 Å². The van der Waals surface area contributed by atoms with Crippen molar-refractivity contribution in [3.8, 4) is 12.3 Å². The molecule has 34 heavy (non-hydrogen) atoms. The van der Waals surface area contributed by atoms with Crippen LogP contribution in [-0.4, -0.2) is 70.7 Å². The summed E-state index contributed by atoms with van der Waals surface area (Å²) in [6, 6.07) is 0. The third-order valence-electron chi connectivity index (χ3n) is 3.77. The summed E-state index contributed by atoms with van der Waals surface area (Å²) in [5.41, 5.74) is 11.6. The maximum absolute atomic E-state index is 11.9. The molecule has 1 aliphatic rings. The van der Waals surface area contributed by atoms with Gasteiger partial charge >= 0.3 is 23.5 Å². The summed E-state index contributed by atoms with van der Waals surface area (Å²) < 4.78 is 52.3. The van der Waals surface area contributed by atoms with Crippen LogP contribution in [0.15, 0.2) is 11.3 Å². The Hall–Kier alpha value is -1.71. The predicted octanol–water partition coefficient (Wildman–Crippen LogP) is -2.21. The summed E-state index contributed by atoms with van der Waals surface area (Å²) in [7, 11) is -16.9. The monoisotopic (exact) mass is 550 g/mol. The van der Waals surface area contributed by atoms with E-state index in [2.05, 4.69) is 28.4 Å². The minimum Gasteiger partial charge on any atom is -0.392 e. The normalized spacial score (nSPS) is 22.2. The lowest BCUT2D eigenvalue weighted by Crippen LogP contribution is -2.37. The Kier molecular flexibility index (Phi) is 9.16. The molecule has 0 saturated heterocycles. The van der Waals surface area contributed by atoms with Crippen LogP contribution in [0, 0.1) is 12.3 Å². The number of phosphoric ester groups is 1. The van der Waals surface area contributed by atoms with Crippen molar-refractivity contribution < 1.29 is 61.4 Å². The van der Waals surface area contributed by atoms with E-state index >= 15 is 0 Å². The van der Waals surface area contributed by atoms with Crippen LogP contribution in [0.2, 0.25) is 0 Å². The number of guanidine groups is 1. The van der Waals surface area contributed by atoms with Crippen LogP contribution in [0.1, 0.15) is 18.1 Å². The minimum absolute atomic E-state index is 0.0775. The van der Waals surface area contributed by atoms with Crippen LogP contribution in [0.25, 0.3) is 0 Å². The third-order valence-corrected chi connectivity index (χ3v) is 7.57. The van der Waals surface area contributed by atoms with Crippen molar-refractivity contribution >= 4 is 35.2 Å². The molecule has 2 rings (SSSR count). The number of hydrogen-bond donors (Lipinski definition) is 9. The number of aliphatic hydroxyl groups excluding tert-OH is 2. The topological polar surface area (TPSA) is 304 Å². The Labute approximate surface area is 190 Å². The molecule has 0 bridgehead atoms. The van der Waals surface area contributed by atoms with Gasteiger partial charge in [-0.15, -0.1) is 6.42 Å². The van der Waals surface area contributed by atoms with Crippen molar-refractivity contribution in [1.29, 1.82) is 0 Å². The zero-order chi connectivity index (χ0) is 25.9. The highest BCUT2D eigenvalue weighted by atomic mass is 31.3. The van der Waals surface area contributed by atoms with E-state index in [0.29, 0.717) is 0 Å². The molecule has 1 aliphatic heterocycles. The average Bonchev–Trinajstić information content (AvgIpc) is 3.08. The van der Waals surface area contributed by atoms with Gasteiger partial charge in [0.05, 0.1) is 19.5 Å². The van der Waals surface area contributed by atoms with Crippen molar-refractivity contribution in [2.45, 2.75) is 24.6 Å². The molecule has 2 heterocycles. The highest BCUT2D eigenvalue weighted by Crippen LogP contribution is 2.66. The molecular weight excluding hydrogens is 529 g/mol. The first kappa shape index (κ1) is 28.5. The van der Waals surface area contributed by atoms with Crippen molar-refractivity contribution in [2.75, 3.05) is 18.5 Å². The zero-order valence-electron chi connectivity index (χ0n) is 16.8. The molecule has 6 atom stereocenters. The van der Waals surface area contributed by atoms with Crippen molar-refractivity contribution in [1.82, 2.24) is 9.55 Å². The van der Waals surface area contributed by atoms with Gasteiger partial charge in [0, 0.05) is 0 Å². The minimum atomic E-state index is -5.76. The first-order chi connectivity index (χ1) is 15.6. The summed E-state index contributed by atoms with van der Waals surface area (Å²) in [5.74, 6) is 1.95. The Morgan fingerprint density at radius 1 is 1.24 bits per heavy atom. The maximum Gasteiger partial charge on any atom is 0.490 e. The van der Waals surface area contributed by atoms with E-state index in [9.17, 15) is 33.7 Å². The fourth-order valence-electron chi connectivity index (χ4n) is 2.48. The van der Waals surface area contributed by atoms with Gasteiger partial charge in [0.1, 0.15) is 29.9 Å². The van der Waals surface area contributed by atoms with E-state index in [1.807, 2.05) is 5.92 Å². The zero-order valence-corrected chi connectivity index (χ0v) is 19.4. The SMILES string of the molecule is C#C[C@H](O)[C@@H](COP(=O)(O)OP(=O)(O)OP(=O)(O)O)O[C@H](CO)n1cnc2c1NC(N)=NC2N. The molecule has 3 unspecified atom stereocenters. The average molecular weight is 550 g/mol. The highest BCUT2D eigenvalue weighted by molar-refractivity contribution is 7.66. The number of rotatable bonds is 12. The predicted molar refractivity (Wildman–Crippen MR) is 110 cm³/mol. The quantitative estimate of drug-likeness (QED) is 0.0984. The van der Waals surface area contributed by atoms with Gasteiger partial charge in [-0.1, -0.05) is 5.92 Å². The largest absolute Gasteiger partial charge is 0.490 e. The van der Waals surface area contributed by atoms with E-state index in [-0.39, 0.29) is 17.5 Å². The number of terminal acetylenes is 1. The number of ether oxygens (including phenoxy) is 1. The van der Waals surface area contributed by atoms with Crippen LogP contribution in [0.3, 0.4) is 0 Å². The first-order valence-corrected chi connectivity index (χ1v) is 13.2. The Morgan fingerprint density at radius 2 is 1.88 bits per heavy atom. The van der Waals surface area contributed by atoms with Crippen LogP contribution in [0.5, 0.6) is 0 Å². The number of hydrogen-bond acceptors (Lipinski definition) is 14. The molecule has 0 fully saturated rings. The molecule has 0 amide bonds. The molecule has 22 heteroatoms. The molecule has 0 radical (unpaired) electrons. The lowest BCUT2D eigenvalue weighted by molar-refractivity contribution is -0.123. The fourth-order valence-corrected chi connectivity index (χ4v) is 5.51. The molecule has 192 valence electrons. The molecule has 0 aliphatic carbocycles. The van der Waals surface area contributed by atoms with Crippen molar-refractivity contribution in [3.05, 3.63) is 12.0 Å². The molecule has 0 saturated carbocycles. The summed E-state index contributed by atoms with van der Waals surface area (Å²) in [4.78, 5) is 43.7. The summed E-state index contributed by atoms with van der Waals surface area (Å²) in [5, 5.41) is 22.4. The molecule has 0 aromatic carbocycles. The van der Waals surface area contributed by atoms with E-state index in [0.717, 1.165) is 0 Å². The lowest BCUT2D eigenvalue weighted by atomic mass is 10.2. The number of fused-ring (bicyclic) bond motifs is 1. The number of nitrogens with zero attached hydrogens (tertiary/aromatic N) is 3. The fraction of sp³-hybridized carbons (Fsp3) is 0.500. The highest BCUT2D eigenvalue weighted by Gasteiger charge is 2.41. The molecule has 19 nitrogen and oxygen atoms in total. The maximum atomic E-state index is 11.9. The van der Waals surface area contributed by atoms with Crippen LogP contribution in [-0.2, 0) is 31.6 Å². The second-order valence-electron chi connectivity index (χ2n) is 6.28. The van der Waals surface area contributed by atoms with Gasteiger partial charge < -0.3 is 51.3 Å². The first-order valence-electron chi connectivity index (χ1n) is 8.69. The van der Waals surface area contributed by atoms with Crippen LogP contribution in [0.4, 0.5) is 5.82 Å². The van der Waals surface area contributed by atoms with Crippen LogP contribution >= 0.6 is 23.5 Å². The van der Waals surface area contributed by atoms with E-state index < -0.39 is 61.3 Å². The Bertz CT molecular complexity index is 1100. The Morgan fingerprint density at radius 3 is 2.44 bits per heavy atom. The smallest absolute Gasteiger partial charge is 0.392 e. The molecule has 11 N–H and O–H groups in total. The van der Waals surface area contributed by atoms with Gasteiger partial charge in [-0.2, -0.15) is 8.62 Å². The number of phosphoric acid groups is 3. The van der Waals surface area contributed by atoms with E-state index in [1.165, 1.54) is 10.9 Å². The standard InChI is InChI=1S/C12H21N6O13P3/c1-2-6(20)7(4-28-33(24,25)31-34(26,27)30-32(21,22)23)29-8(3-19)18-5-15-9-10(13)16-12(14)17-11(9)18/h1,5-8,10,19-20H,3-4,13H2,(H,24,25)(H,26,27)(H3,14,16,17)(H2,21,22,23)/t6-,7+,8+,10?/m0/s1. The van der Waals surface area contributed by atoms with Crippen molar-refractivity contribution in [3.63, 3.8) is 0 Å². The molecular formula is C12H21N6O13P3. The summed E-state index contributed by atoms with van der Waals surface area (Å²) >= 11 is 0. The van der Waals surface area contributed by atoms with E-state index in [1.54, 1.807) is 0 Å². The van der Waals surface area contributed by atoms with Gasteiger partial charge in [-0.3, -0.25) is 9.09 Å². The summed E-state index contributed by atoms with van der Waals surface area (Å²) in [6.45, 7) is -1.85. The summed E-state index contributed by atoms with van der Waals surface area (Å²) in [6.07, 6.45) is 0.522. The number of aromatic nitrogens is 2. The number of imidazole rings is 1. The number of nitrogens with one attached hydrogen (secondary N) is 1. The molecule has 0 spiro atoms. The Balaban J connectivity index is 2.16. The second-order valence-corrected chi connectivity index (χ2v) is 10.7. The van der Waals surface area contributed by atoms with Crippen LogP contribution < -0.4 is 16.8 Å². The van der Waals surface area contributed by atoms with Crippen molar-refractivity contribution in [2.24, 2.45) is 16.5 Å². The van der Waals surface area contributed by atoms with Gasteiger partial charge in [0.25, 0.3) is 0 Å². The van der Waals surface area contributed by atoms with E-state index in [4.69, 9.17) is 32.4 Å². The lowest BCUT2D eigenvalue weighted by Gasteiger charge is -2.28. The molecule has 1 aromatic rings.